The molecular formula is C26H33ClN2O3. The second-order valence-corrected chi connectivity index (χ2v) is 9.18. The number of nitrogens with one attached hydrogen (secondary N) is 1. The minimum absolute atomic E-state index is 0.158. The van der Waals surface area contributed by atoms with Crippen molar-refractivity contribution in [2.24, 2.45) is 5.92 Å². The van der Waals surface area contributed by atoms with Gasteiger partial charge in [0.15, 0.2) is 5.78 Å². The largest absolute Gasteiger partial charge is 0.389 e. The van der Waals surface area contributed by atoms with Crippen molar-refractivity contribution in [2.75, 3.05) is 25.0 Å². The number of carbonyl (C=O) groups excluding carboxylic acids is 2. The average molecular weight is 457 g/mol. The Balaban J connectivity index is 1.48. The Morgan fingerprint density at radius 3 is 2.41 bits per heavy atom. The highest BCUT2D eigenvalue weighted by atomic mass is 35.5. The van der Waals surface area contributed by atoms with E-state index < -0.39 is 11.5 Å². The highest BCUT2D eigenvalue weighted by Crippen LogP contribution is 2.33. The van der Waals surface area contributed by atoms with Crippen LogP contribution in [0.15, 0.2) is 48.5 Å². The molecule has 1 atom stereocenters. The quantitative estimate of drug-likeness (QED) is 0.515. The van der Waals surface area contributed by atoms with E-state index in [4.69, 9.17) is 11.6 Å². The molecule has 1 aliphatic heterocycles. The summed E-state index contributed by atoms with van der Waals surface area (Å²) in [6.45, 7) is 6.17. The van der Waals surface area contributed by atoms with Crippen LogP contribution in [0.25, 0.3) is 0 Å². The Morgan fingerprint density at radius 1 is 1.12 bits per heavy atom. The number of amides is 1. The second-order valence-electron chi connectivity index (χ2n) is 8.74. The third-order valence-corrected chi connectivity index (χ3v) is 6.78. The second kappa shape index (κ2) is 11.1. The highest BCUT2D eigenvalue weighted by molar-refractivity contribution is 6.30. The Hall–Kier alpha value is -2.21. The summed E-state index contributed by atoms with van der Waals surface area (Å²) in [4.78, 5) is 27.6. The number of aliphatic hydroxyl groups is 1. The van der Waals surface area contributed by atoms with Crippen molar-refractivity contribution in [3.8, 4) is 0 Å². The number of hydrogen-bond donors (Lipinski definition) is 2. The molecule has 5 nitrogen and oxygen atoms in total. The van der Waals surface area contributed by atoms with Crippen LogP contribution in [0.5, 0.6) is 0 Å². The molecule has 0 bridgehead atoms. The van der Waals surface area contributed by atoms with Gasteiger partial charge in [-0.15, -0.1) is 0 Å². The normalized spacial score (nSPS) is 17.0. The fourth-order valence-electron chi connectivity index (χ4n) is 4.57. The van der Waals surface area contributed by atoms with Crippen molar-refractivity contribution < 1.29 is 14.7 Å². The van der Waals surface area contributed by atoms with Crippen LogP contribution in [-0.4, -0.2) is 46.9 Å². The van der Waals surface area contributed by atoms with Crippen LogP contribution in [0.3, 0.4) is 0 Å². The Bertz CT molecular complexity index is 921. The molecule has 2 N–H and O–H groups in total. The van der Waals surface area contributed by atoms with Crippen molar-refractivity contribution in [1.29, 1.82) is 0 Å². The molecule has 0 aliphatic carbocycles. The van der Waals surface area contributed by atoms with Crippen molar-refractivity contribution in [1.82, 2.24) is 4.90 Å². The first kappa shape index (κ1) is 24.4. The molecule has 172 valence electrons. The van der Waals surface area contributed by atoms with E-state index in [-0.39, 0.29) is 11.7 Å². The van der Waals surface area contributed by atoms with E-state index in [0.717, 1.165) is 37.2 Å². The standard InChI is InChI=1S/C26H33ClN2O3/c1-3-23(25(31)28-21-12-10-20(27)11-13-21)26(32)14-17-29(18-15-26)16-6-9-24(30)22-8-5-4-7-19(22)2/h4-5,7-8,10-13,23,32H,3,6,9,14-18H2,1-2H3,(H,28,31). The number of hydrogen-bond acceptors (Lipinski definition) is 4. The van der Waals surface area contributed by atoms with Crippen molar-refractivity contribution in [3.05, 3.63) is 64.7 Å². The number of benzene rings is 2. The molecule has 1 fully saturated rings. The minimum atomic E-state index is -1.02. The lowest BCUT2D eigenvalue weighted by atomic mass is 9.77. The predicted molar refractivity (Wildman–Crippen MR) is 129 cm³/mol. The molecule has 0 spiro atoms. The summed E-state index contributed by atoms with van der Waals surface area (Å²) in [5.74, 6) is -0.445. The number of Topliss-reactive ketones (excluding diaryl/α,β-unsaturated/α-hetero) is 1. The topological polar surface area (TPSA) is 69.6 Å². The first-order valence-electron chi connectivity index (χ1n) is 11.4. The van der Waals surface area contributed by atoms with Crippen LogP contribution in [0.1, 0.15) is 54.9 Å². The van der Waals surface area contributed by atoms with E-state index in [2.05, 4.69) is 10.2 Å². The molecule has 6 heteroatoms. The molecule has 0 radical (unpaired) electrons. The van der Waals surface area contributed by atoms with Gasteiger partial charge in [0.2, 0.25) is 5.91 Å². The van der Waals surface area contributed by atoms with Gasteiger partial charge in [-0.05, 0) is 69.0 Å². The molecule has 3 rings (SSSR count). The Kier molecular flexibility index (Phi) is 8.46. The third-order valence-electron chi connectivity index (χ3n) is 6.53. The summed E-state index contributed by atoms with van der Waals surface area (Å²) in [6, 6.07) is 14.7. The van der Waals surface area contributed by atoms with Crippen LogP contribution in [0, 0.1) is 12.8 Å². The van der Waals surface area contributed by atoms with E-state index in [1.807, 2.05) is 38.1 Å². The van der Waals surface area contributed by atoms with Gasteiger partial charge in [-0.3, -0.25) is 9.59 Å². The summed E-state index contributed by atoms with van der Waals surface area (Å²) < 4.78 is 0. The highest BCUT2D eigenvalue weighted by Gasteiger charge is 2.42. The fourth-order valence-corrected chi connectivity index (χ4v) is 4.69. The zero-order chi connectivity index (χ0) is 23.1. The summed E-state index contributed by atoms with van der Waals surface area (Å²) in [6.07, 6.45) is 2.98. The zero-order valence-electron chi connectivity index (χ0n) is 18.9. The van der Waals surface area contributed by atoms with Crippen LogP contribution in [0.4, 0.5) is 5.69 Å². The van der Waals surface area contributed by atoms with Crippen molar-refractivity contribution in [2.45, 2.75) is 51.6 Å². The van der Waals surface area contributed by atoms with E-state index in [9.17, 15) is 14.7 Å². The number of anilines is 1. The smallest absolute Gasteiger partial charge is 0.230 e. The van der Waals surface area contributed by atoms with Gasteiger partial charge in [0.05, 0.1) is 11.5 Å². The van der Waals surface area contributed by atoms with E-state index in [1.165, 1.54) is 0 Å². The van der Waals surface area contributed by atoms with Crippen molar-refractivity contribution in [3.63, 3.8) is 0 Å². The Morgan fingerprint density at radius 2 is 1.78 bits per heavy atom. The number of rotatable bonds is 9. The van der Waals surface area contributed by atoms with Gasteiger partial charge >= 0.3 is 0 Å². The maximum atomic E-state index is 12.9. The number of halogens is 1. The number of ketones is 1. The van der Waals surface area contributed by atoms with Gasteiger partial charge < -0.3 is 15.3 Å². The van der Waals surface area contributed by atoms with Gasteiger partial charge in [-0.25, -0.2) is 0 Å². The van der Waals surface area contributed by atoms with Gasteiger partial charge in [-0.1, -0.05) is 42.8 Å². The molecule has 2 aromatic carbocycles. The lowest BCUT2D eigenvalue weighted by Gasteiger charge is -2.42. The molecule has 32 heavy (non-hydrogen) atoms. The van der Waals surface area contributed by atoms with Crippen LogP contribution < -0.4 is 5.32 Å². The van der Waals surface area contributed by atoms with Crippen LogP contribution in [-0.2, 0) is 4.79 Å². The summed E-state index contributed by atoms with van der Waals surface area (Å²) in [5, 5.41) is 14.8. The molecule has 0 aromatic heterocycles. The van der Waals surface area contributed by atoms with Crippen LogP contribution in [0.2, 0.25) is 5.02 Å². The van der Waals surface area contributed by atoms with Crippen LogP contribution >= 0.6 is 11.6 Å². The number of aryl methyl sites for hydroxylation is 1. The summed E-state index contributed by atoms with van der Waals surface area (Å²) in [7, 11) is 0. The maximum absolute atomic E-state index is 12.9. The zero-order valence-corrected chi connectivity index (χ0v) is 19.7. The molecule has 1 aliphatic rings. The lowest BCUT2D eigenvalue weighted by molar-refractivity contribution is -0.134. The number of likely N-dealkylation sites (tertiary alicyclic amines) is 1. The number of piperidine rings is 1. The van der Waals surface area contributed by atoms with E-state index in [0.29, 0.717) is 36.4 Å². The Labute approximate surface area is 195 Å². The molecule has 1 unspecified atom stereocenters. The van der Waals surface area contributed by atoms with Gasteiger partial charge in [0.1, 0.15) is 0 Å². The SMILES string of the molecule is CCC(C(=O)Nc1ccc(Cl)cc1)C1(O)CCN(CCCC(=O)c2ccccc2C)CC1. The van der Waals surface area contributed by atoms with Crippen molar-refractivity contribution >= 4 is 29.0 Å². The fraction of sp³-hybridized carbons (Fsp3) is 0.462. The molecule has 1 heterocycles. The molecule has 0 saturated carbocycles. The van der Waals surface area contributed by atoms with Gasteiger partial charge in [-0.2, -0.15) is 0 Å². The molecule has 1 amide bonds. The first-order chi connectivity index (χ1) is 15.3. The third kappa shape index (κ3) is 6.18. The predicted octanol–water partition coefficient (Wildman–Crippen LogP) is 5.10. The average Bonchev–Trinajstić information content (AvgIpc) is 2.77. The summed E-state index contributed by atoms with van der Waals surface area (Å²) in [5.41, 5.74) is 1.48. The summed E-state index contributed by atoms with van der Waals surface area (Å²) >= 11 is 5.91. The lowest BCUT2D eigenvalue weighted by Crippen LogP contribution is -2.52. The van der Waals surface area contributed by atoms with Gasteiger partial charge in [0.25, 0.3) is 0 Å². The van der Waals surface area contributed by atoms with E-state index >= 15 is 0 Å². The molecular weight excluding hydrogens is 424 g/mol. The van der Waals surface area contributed by atoms with E-state index in [1.54, 1.807) is 24.3 Å². The molecule has 2 aromatic rings. The minimum Gasteiger partial charge on any atom is -0.389 e. The number of nitrogens with zero attached hydrogens (tertiary/aromatic N) is 1. The maximum Gasteiger partial charge on any atom is 0.230 e. The van der Waals surface area contributed by atoms with Gasteiger partial charge in [0, 0.05) is 35.8 Å². The molecule has 1 saturated heterocycles. The first-order valence-corrected chi connectivity index (χ1v) is 11.8. The number of carbonyl (C=O) groups is 2. The monoisotopic (exact) mass is 456 g/mol.